The lowest BCUT2D eigenvalue weighted by Gasteiger charge is -2.21. The summed E-state index contributed by atoms with van der Waals surface area (Å²) in [6.45, 7) is 3.39. The first-order chi connectivity index (χ1) is 8.18. The minimum atomic E-state index is -3.38. The maximum Gasteiger partial charge on any atom is 0.231 e. The van der Waals surface area contributed by atoms with Crippen LogP contribution in [-0.2, 0) is 14.6 Å². The average molecular weight is 290 g/mol. The number of benzene rings is 1. The van der Waals surface area contributed by atoms with Crippen molar-refractivity contribution < 1.29 is 13.2 Å². The van der Waals surface area contributed by atoms with Gasteiger partial charge >= 0.3 is 0 Å². The van der Waals surface area contributed by atoms with Crippen molar-refractivity contribution in [1.82, 2.24) is 0 Å². The van der Waals surface area contributed by atoms with Crippen LogP contribution in [0, 0.1) is 5.41 Å². The van der Waals surface area contributed by atoms with Crippen LogP contribution in [0.2, 0.25) is 0 Å². The number of hydrogen-bond acceptors (Lipinski definition) is 3. The lowest BCUT2D eigenvalue weighted by Crippen LogP contribution is -2.32. The molecular weight excluding hydrogens is 274 g/mol. The molecule has 4 nitrogen and oxygen atoms in total. The second-order valence-corrected chi connectivity index (χ2v) is 6.99. The van der Waals surface area contributed by atoms with E-state index in [4.69, 9.17) is 11.6 Å². The predicted molar refractivity (Wildman–Crippen MR) is 72.7 cm³/mol. The van der Waals surface area contributed by atoms with Crippen LogP contribution < -0.4 is 5.32 Å². The van der Waals surface area contributed by atoms with E-state index in [9.17, 15) is 13.2 Å². The normalized spacial score (nSPS) is 12.2. The summed E-state index contributed by atoms with van der Waals surface area (Å²) in [6, 6.07) is 6.29. The Morgan fingerprint density at radius 3 is 2.39 bits per heavy atom. The Labute approximate surface area is 112 Å². The average Bonchev–Trinajstić information content (AvgIpc) is 2.28. The summed E-state index contributed by atoms with van der Waals surface area (Å²) in [7, 11) is -3.38. The van der Waals surface area contributed by atoms with E-state index < -0.39 is 15.3 Å². The fourth-order valence-electron chi connectivity index (χ4n) is 1.25. The predicted octanol–water partition coefficient (Wildman–Crippen LogP) is 2.29. The van der Waals surface area contributed by atoms with Crippen LogP contribution in [0.5, 0.6) is 0 Å². The Morgan fingerprint density at radius 2 is 1.89 bits per heavy atom. The highest BCUT2D eigenvalue weighted by atomic mass is 35.5. The molecule has 100 valence electrons. The molecule has 1 N–H and O–H groups in total. The topological polar surface area (TPSA) is 63.2 Å². The van der Waals surface area contributed by atoms with E-state index in [1.807, 2.05) is 0 Å². The zero-order valence-electron chi connectivity index (χ0n) is 10.5. The van der Waals surface area contributed by atoms with E-state index in [2.05, 4.69) is 5.32 Å². The Bertz CT molecular complexity index is 552. The van der Waals surface area contributed by atoms with Crippen LogP contribution in [0.1, 0.15) is 13.8 Å². The van der Waals surface area contributed by atoms with E-state index in [1.165, 1.54) is 6.07 Å². The van der Waals surface area contributed by atoms with Gasteiger partial charge in [0, 0.05) is 12.1 Å². The van der Waals surface area contributed by atoms with Crippen molar-refractivity contribution in [2.75, 3.05) is 17.5 Å². The molecule has 1 aromatic rings. The first-order valence-electron chi connectivity index (χ1n) is 5.35. The van der Waals surface area contributed by atoms with Gasteiger partial charge in [0.25, 0.3) is 0 Å². The highest BCUT2D eigenvalue weighted by molar-refractivity contribution is 7.90. The highest BCUT2D eigenvalue weighted by Crippen LogP contribution is 2.24. The molecule has 0 atom stereocenters. The lowest BCUT2D eigenvalue weighted by atomic mass is 9.95. The molecular formula is C12H16ClNO3S. The van der Waals surface area contributed by atoms with Gasteiger partial charge in [-0.05, 0) is 26.0 Å². The number of carbonyl (C=O) groups excluding carboxylic acids is 1. The molecule has 0 unspecified atom stereocenters. The van der Waals surface area contributed by atoms with E-state index in [-0.39, 0.29) is 22.4 Å². The highest BCUT2D eigenvalue weighted by Gasteiger charge is 2.27. The van der Waals surface area contributed by atoms with Gasteiger partial charge in [-0.15, -0.1) is 11.6 Å². The van der Waals surface area contributed by atoms with Crippen molar-refractivity contribution in [2.24, 2.45) is 5.41 Å². The van der Waals surface area contributed by atoms with E-state index in [0.29, 0.717) is 0 Å². The fourth-order valence-corrected chi connectivity index (χ4v) is 2.21. The molecule has 0 aliphatic rings. The summed E-state index contributed by atoms with van der Waals surface area (Å²) < 4.78 is 23.2. The molecule has 0 heterocycles. The number of amides is 1. The van der Waals surface area contributed by atoms with Crippen molar-refractivity contribution in [1.29, 1.82) is 0 Å². The van der Waals surface area contributed by atoms with E-state index in [0.717, 1.165) is 6.26 Å². The Hall–Kier alpha value is -1.07. The van der Waals surface area contributed by atoms with E-state index in [1.54, 1.807) is 32.0 Å². The van der Waals surface area contributed by atoms with Crippen LogP contribution >= 0.6 is 11.6 Å². The molecule has 6 heteroatoms. The van der Waals surface area contributed by atoms with Gasteiger partial charge in [0.2, 0.25) is 5.91 Å². The Balaban J connectivity index is 3.11. The van der Waals surface area contributed by atoms with Gasteiger partial charge in [-0.1, -0.05) is 12.1 Å². The maximum absolute atomic E-state index is 12.0. The van der Waals surface area contributed by atoms with Crippen LogP contribution in [0.15, 0.2) is 29.2 Å². The van der Waals surface area contributed by atoms with Gasteiger partial charge < -0.3 is 5.32 Å². The molecule has 0 bridgehead atoms. The molecule has 0 radical (unpaired) electrons. The number of nitrogens with one attached hydrogen (secondary N) is 1. The van der Waals surface area contributed by atoms with Gasteiger partial charge in [-0.3, -0.25) is 4.79 Å². The molecule has 1 aromatic carbocycles. The van der Waals surface area contributed by atoms with Crippen LogP contribution in [0.4, 0.5) is 5.69 Å². The summed E-state index contributed by atoms with van der Waals surface area (Å²) in [6.07, 6.45) is 1.10. The number of hydrogen-bond donors (Lipinski definition) is 1. The minimum absolute atomic E-state index is 0.101. The van der Waals surface area contributed by atoms with Gasteiger partial charge in [-0.2, -0.15) is 0 Å². The Kier molecular flexibility index (Phi) is 4.40. The number of rotatable bonds is 4. The Morgan fingerprint density at radius 1 is 1.33 bits per heavy atom. The largest absolute Gasteiger partial charge is 0.324 e. The molecule has 1 amide bonds. The number of para-hydroxylation sites is 1. The van der Waals surface area contributed by atoms with Crippen molar-refractivity contribution >= 4 is 33.0 Å². The zero-order chi connectivity index (χ0) is 14.0. The summed E-state index contributed by atoms with van der Waals surface area (Å²) in [5.74, 6) is -0.159. The van der Waals surface area contributed by atoms with Crippen molar-refractivity contribution in [3.63, 3.8) is 0 Å². The number of carbonyl (C=O) groups is 1. The molecule has 0 aromatic heterocycles. The second kappa shape index (κ2) is 5.28. The third-order valence-electron chi connectivity index (χ3n) is 2.48. The number of anilines is 1. The molecule has 18 heavy (non-hydrogen) atoms. The van der Waals surface area contributed by atoms with Crippen molar-refractivity contribution in [3.8, 4) is 0 Å². The number of halogens is 1. The van der Waals surface area contributed by atoms with Gasteiger partial charge in [0.15, 0.2) is 9.84 Å². The molecule has 0 aliphatic heterocycles. The van der Waals surface area contributed by atoms with Gasteiger partial charge in [0.05, 0.1) is 16.0 Å². The second-order valence-electron chi connectivity index (χ2n) is 4.74. The molecule has 0 fully saturated rings. The first kappa shape index (κ1) is 15.0. The molecule has 0 spiro atoms. The molecule has 0 saturated carbocycles. The summed E-state index contributed by atoms with van der Waals surface area (Å²) in [5.41, 5.74) is -0.477. The smallest absolute Gasteiger partial charge is 0.231 e. The molecule has 1 rings (SSSR count). The third kappa shape index (κ3) is 3.46. The SMILES string of the molecule is CC(C)(CCl)C(=O)Nc1ccccc1S(C)(=O)=O. The third-order valence-corrected chi connectivity index (χ3v) is 4.31. The van der Waals surface area contributed by atoms with E-state index >= 15 is 0 Å². The van der Waals surface area contributed by atoms with Gasteiger partial charge in [0.1, 0.15) is 0 Å². The van der Waals surface area contributed by atoms with Crippen LogP contribution in [-0.4, -0.2) is 26.5 Å². The number of sulfone groups is 1. The van der Waals surface area contributed by atoms with Crippen LogP contribution in [0.3, 0.4) is 0 Å². The summed E-state index contributed by atoms with van der Waals surface area (Å²) in [5, 5.41) is 2.61. The first-order valence-corrected chi connectivity index (χ1v) is 7.77. The van der Waals surface area contributed by atoms with Gasteiger partial charge in [-0.25, -0.2) is 8.42 Å². The zero-order valence-corrected chi connectivity index (χ0v) is 12.1. The summed E-state index contributed by atoms with van der Waals surface area (Å²) in [4.78, 5) is 12.1. The molecule has 0 saturated heterocycles. The minimum Gasteiger partial charge on any atom is -0.324 e. The number of alkyl halides is 1. The maximum atomic E-state index is 12.0. The quantitative estimate of drug-likeness (QED) is 0.865. The standard InChI is InChI=1S/C12H16ClNO3S/c1-12(2,8-13)11(15)14-9-6-4-5-7-10(9)18(3,16)17/h4-7H,8H2,1-3H3,(H,14,15). The molecule has 0 aliphatic carbocycles. The monoisotopic (exact) mass is 289 g/mol. The summed E-state index contributed by atoms with van der Waals surface area (Å²) >= 11 is 5.70. The van der Waals surface area contributed by atoms with Crippen molar-refractivity contribution in [3.05, 3.63) is 24.3 Å². The fraction of sp³-hybridized carbons (Fsp3) is 0.417. The van der Waals surface area contributed by atoms with Crippen molar-refractivity contribution in [2.45, 2.75) is 18.7 Å². The van der Waals surface area contributed by atoms with Crippen LogP contribution in [0.25, 0.3) is 0 Å². The lowest BCUT2D eigenvalue weighted by molar-refractivity contribution is -0.122.